The average molecular weight is 257 g/mol. The van der Waals surface area contributed by atoms with Crippen LogP contribution in [0.5, 0.6) is 5.75 Å². The van der Waals surface area contributed by atoms with Crippen molar-refractivity contribution in [1.82, 2.24) is 15.3 Å². The fraction of sp³-hybridized carbons (Fsp3) is 0.286. The van der Waals surface area contributed by atoms with E-state index in [-0.39, 0.29) is 11.8 Å². The molecule has 0 saturated carbocycles. The Bertz CT molecular complexity index is 589. The standard InChI is InChI=1S/C14H15N3O2/c1-19-11-4-2-9(3-5-11)12-8-16-14(17-12)10-6-13(18)15-7-10/h2-5,8,10H,6-7H2,1H3,(H,15,18)(H,16,17). The van der Waals surface area contributed by atoms with Crippen molar-refractivity contribution in [2.75, 3.05) is 13.7 Å². The lowest BCUT2D eigenvalue weighted by atomic mass is 10.1. The van der Waals surface area contributed by atoms with Crippen LogP contribution in [0, 0.1) is 0 Å². The first kappa shape index (κ1) is 11.8. The van der Waals surface area contributed by atoms with Crippen molar-refractivity contribution < 1.29 is 9.53 Å². The van der Waals surface area contributed by atoms with E-state index in [9.17, 15) is 4.79 Å². The third-order valence-electron chi connectivity index (χ3n) is 3.36. The van der Waals surface area contributed by atoms with Crippen LogP contribution in [0.4, 0.5) is 0 Å². The van der Waals surface area contributed by atoms with Crippen molar-refractivity contribution in [3.8, 4) is 17.0 Å². The molecule has 3 rings (SSSR count). The van der Waals surface area contributed by atoms with Gasteiger partial charge in [-0.2, -0.15) is 0 Å². The topological polar surface area (TPSA) is 67.0 Å². The van der Waals surface area contributed by atoms with E-state index in [0.717, 1.165) is 22.8 Å². The van der Waals surface area contributed by atoms with Gasteiger partial charge in [0.2, 0.25) is 5.91 Å². The molecule has 5 nitrogen and oxygen atoms in total. The Morgan fingerprint density at radius 2 is 2.11 bits per heavy atom. The Balaban J connectivity index is 1.82. The maximum atomic E-state index is 11.2. The number of aromatic nitrogens is 2. The monoisotopic (exact) mass is 257 g/mol. The second kappa shape index (κ2) is 4.76. The van der Waals surface area contributed by atoms with Crippen molar-refractivity contribution in [1.29, 1.82) is 0 Å². The molecule has 1 aromatic carbocycles. The summed E-state index contributed by atoms with van der Waals surface area (Å²) in [7, 11) is 1.65. The fourth-order valence-electron chi connectivity index (χ4n) is 2.26. The van der Waals surface area contributed by atoms with Crippen molar-refractivity contribution >= 4 is 5.91 Å². The highest BCUT2D eigenvalue weighted by molar-refractivity contribution is 5.79. The van der Waals surface area contributed by atoms with Gasteiger partial charge in [0.15, 0.2) is 0 Å². The van der Waals surface area contributed by atoms with Crippen LogP contribution in [-0.4, -0.2) is 29.5 Å². The number of nitrogens with zero attached hydrogens (tertiary/aromatic N) is 1. The second-order valence-electron chi connectivity index (χ2n) is 4.62. The molecule has 1 aliphatic rings. The molecule has 98 valence electrons. The fourth-order valence-corrected chi connectivity index (χ4v) is 2.26. The smallest absolute Gasteiger partial charge is 0.220 e. The number of methoxy groups -OCH3 is 1. The minimum absolute atomic E-state index is 0.0902. The number of rotatable bonds is 3. The largest absolute Gasteiger partial charge is 0.497 e. The highest BCUT2D eigenvalue weighted by Gasteiger charge is 2.25. The van der Waals surface area contributed by atoms with Gasteiger partial charge in [-0.05, 0) is 29.8 Å². The summed E-state index contributed by atoms with van der Waals surface area (Å²) in [4.78, 5) is 18.9. The SMILES string of the molecule is COc1ccc(-c2cnc(C3CNC(=O)C3)[nH]2)cc1. The number of hydrogen-bond donors (Lipinski definition) is 2. The first-order valence-corrected chi connectivity index (χ1v) is 6.22. The molecule has 1 amide bonds. The summed E-state index contributed by atoms with van der Waals surface area (Å²) >= 11 is 0. The number of carbonyl (C=O) groups excluding carboxylic acids is 1. The van der Waals surface area contributed by atoms with E-state index in [2.05, 4.69) is 15.3 Å². The molecule has 1 aliphatic heterocycles. The molecule has 0 radical (unpaired) electrons. The van der Waals surface area contributed by atoms with E-state index >= 15 is 0 Å². The Labute approximate surface area is 111 Å². The van der Waals surface area contributed by atoms with Crippen LogP contribution >= 0.6 is 0 Å². The van der Waals surface area contributed by atoms with Gasteiger partial charge in [0, 0.05) is 18.9 Å². The zero-order valence-corrected chi connectivity index (χ0v) is 10.6. The van der Waals surface area contributed by atoms with E-state index in [1.54, 1.807) is 13.3 Å². The molecular formula is C14H15N3O2. The summed E-state index contributed by atoms with van der Waals surface area (Å²) in [5.41, 5.74) is 2.01. The van der Waals surface area contributed by atoms with Gasteiger partial charge in [0.1, 0.15) is 11.6 Å². The van der Waals surface area contributed by atoms with Gasteiger partial charge < -0.3 is 15.0 Å². The lowest BCUT2D eigenvalue weighted by Gasteiger charge is -2.03. The molecule has 0 aliphatic carbocycles. The molecule has 1 atom stereocenters. The van der Waals surface area contributed by atoms with Crippen molar-refractivity contribution in [2.45, 2.75) is 12.3 Å². The molecule has 2 heterocycles. The number of imidazole rings is 1. The first-order chi connectivity index (χ1) is 9.26. The third-order valence-corrected chi connectivity index (χ3v) is 3.36. The van der Waals surface area contributed by atoms with E-state index in [4.69, 9.17) is 4.74 Å². The third kappa shape index (κ3) is 2.31. The van der Waals surface area contributed by atoms with Gasteiger partial charge >= 0.3 is 0 Å². The summed E-state index contributed by atoms with van der Waals surface area (Å²) in [6.07, 6.45) is 2.31. The Morgan fingerprint density at radius 1 is 1.32 bits per heavy atom. The molecule has 2 N–H and O–H groups in total. The van der Waals surface area contributed by atoms with Crippen LogP contribution in [0.2, 0.25) is 0 Å². The van der Waals surface area contributed by atoms with Gasteiger partial charge in [-0.1, -0.05) is 0 Å². The number of H-pyrrole nitrogens is 1. The maximum Gasteiger partial charge on any atom is 0.220 e. The van der Waals surface area contributed by atoms with Gasteiger partial charge in [-0.3, -0.25) is 4.79 Å². The Morgan fingerprint density at radius 3 is 2.74 bits per heavy atom. The molecule has 19 heavy (non-hydrogen) atoms. The number of ether oxygens (including phenoxy) is 1. The predicted octanol–water partition coefficient (Wildman–Crippen LogP) is 1.69. The van der Waals surface area contributed by atoms with Gasteiger partial charge in [0.05, 0.1) is 19.0 Å². The van der Waals surface area contributed by atoms with Gasteiger partial charge in [0.25, 0.3) is 0 Å². The minimum Gasteiger partial charge on any atom is -0.497 e. The minimum atomic E-state index is 0.0902. The maximum absolute atomic E-state index is 11.2. The normalized spacial score (nSPS) is 18.4. The Kier molecular flexibility index (Phi) is 2.95. The van der Waals surface area contributed by atoms with Crippen molar-refractivity contribution in [2.24, 2.45) is 0 Å². The number of benzene rings is 1. The second-order valence-corrected chi connectivity index (χ2v) is 4.62. The summed E-state index contributed by atoms with van der Waals surface area (Å²) in [6.45, 7) is 0.661. The molecular weight excluding hydrogens is 242 g/mol. The molecule has 2 aromatic rings. The van der Waals surface area contributed by atoms with E-state index in [0.29, 0.717) is 13.0 Å². The molecule has 0 spiro atoms. The molecule has 5 heteroatoms. The van der Waals surface area contributed by atoms with Crippen LogP contribution < -0.4 is 10.1 Å². The number of nitrogens with one attached hydrogen (secondary N) is 2. The van der Waals surface area contributed by atoms with Crippen LogP contribution in [0.3, 0.4) is 0 Å². The molecule has 1 aromatic heterocycles. The van der Waals surface area contributed by atoms with Crippen molar-refractivity contribution in [3.63, 3.8) is 0 Å². The zero-order chi connectivity index (χ0) is 13.2. The summed E-state index contributed by atoms with van der Waals surface area (Å²) < 4.78 is 5.13. The molecule has 0 bridgehead atoms. The van der Waals surface area contributed by atoms with Crippen LogP contribution in [0.15, 0.2) is 30.5 Å². The van der Waals surface area contributed by atoms with Crippen molar-refractivity contribution in [3.05, 3.63) is 36.3 Å². The number of amides is 1. The summed E-state index contributed by atoms with van der Waals surface area (Å²) in [5, 5.41) is 2.82. The number of aromatic amines is 1. The van der Waals surface area contributed by atoms with Gasteiger partial charge in [-0.15, -0.1) is 0 Å². The predicted molar refractivity (Wildman–Crippen MR) is 70.9 cm³/mol. The lowest BCUT2D eigenvalue weighted by molar-refractivity contribution is -0.119. The molecule has 1 saturated heterocycles. The van der Waals surface area contributed by atoms with Crippen LogP contribution in [-0.2, 0) is 4.79 Å². The first-order valence-electron chi connectivity index (χ1n) is 6.22. The quantitative estimate of drug-likeness (QED) is 0.879. The van der Waals surface area contributed by atoms with E-state index in [1.807, 2.05) is 24.3 Å². The molecule has 1 fully saturated rings. The Hall–Kier alpha value is -2.30. The average Bonchev–Trinajstić information content (AvgIpc) is 3.07. The van der Waals surface area contributed by atoms with Crippen LogP contribution in [0.25, 0.3) is 11.3 Å². The summed E-state index contributed by atoms with van der Waals surface area (Å²) in [5.74, 6) is 1.94. The summed E-state index contributed by atoms with van der Waals surface area (Å²) in [6, 6.07) is 7.79. The number of carbonyl (C=O) groups is 1. The highest BCUT2D eigenvalue weighted by atomic mass is 16.5. The van der Waals surface area contributed by atoms with E-state index in [1.165, 1.54) is 0 Å². The van der Waals surface area contributed by atoms with Gasteiger partial charge in [-0.25, -0.2) is 4.98 Å². The zero-order valence-electron chi connectivity index (χ0n) is 10.6. The molecule has 1 unspecified atom stereocenters. The van der Waals surface area contributed by atoms with Crippen LogP contribution in [0.1, 0.15) is 18.2 Å². The van der Waals surface area contributed by atoms with E-state index < -0.39 is 0 Å². The number of hydrogen-bond acceptors (Lipinski definition) is 3. The lowest BCUT2D eigenvalue weighted by Crippen LogP contribution is -2.13. The highest BCUT2D eigenvalue weighted by Crippen LogP contribution is 2.25.